The summed E-state index contributed by atoms with van der Waals surface area (Å²) in [6, 6.07) is -0.162. The fraction of sp³-hybridized carbons (Fsp3) is 0.636. The maximum absolute atomic E-state index is 11.0. The van der Waals surface area contributed by atoms with Crippen LogP contribution in [0.3, 0.4) is 0 Å². The summed E-state index contributed by atoms with van der Waals surface area (Å²) in [5.41, 5.74) is 0. The molecule has 1 unspecified atom stereocenters. The maximum Gasteiger partial charge on any atom is 0.245 e. The molecule has 2 amide bonds. The largest absolute Gasteiger partial charge is 0.394 e. The van der Waals surface area contributed by atoms with Crippen molar-refractivity contribution in [3.63, 3.8) is 0 Å². The average molecular weight is 244 g/mol. The third-order valence-corrected chi connectivity index (χ3v) is 2.42. The summed E-state index contributed by atoms with van der Waals surface area (Å²) in [7, 11) is 3.01. The summed E-state index contributed by atoms with van der Waals surface area (Å²) in [6.07, 6.45) is 3.48. The molecule has 0 bridgehead atoms. The fourth-order valence-corrected chi connectivity index (χ4v) is 1.27. The summed E-state index contributed by atoms with van der Waals surface area (Å²) >= 11 is 0. The number of aliphatic hydroxyl groups is 1. The Morgan fingerprint density at radius 3 is 2.65 bits per heavy atom. The Balaban J connectivity index is 4.39. The molecule has 2 atom stereocenters. The maximum atomic E-state index is 11.0. The van der Waals surface area contributed by atoms with Crippen molar-refractivity contribution in [2.75, 3.05) is 20.8 Å². The van der Waals surface area contributed by atoms with Crippen LogP contribution in [0.15, 0.2) is 12.3 Å². The quantitative estimate of drug-likeness (QED) is 0.445. The van der Waals surface area contributed by atoms with Crippen LogP contribution in [0.2, 0.25) is 0 Å². The lowest BCUT2D eigenvalue weighted by atomic mass is 10.1. The standard InChI is InChI=1S/C11H20N2O4/c1-9(6-10(7-14)17-3)13(8-15)5-4-11(16)12-2/h4-5,8-10,14H,6-7H2,1-3H3,(H,12,16)/b5-4-/t9-,10?/m0/s1. The van der Waals surface area contributed by atoms with Crippen LogP contribution in [0.25, 0.3) is 0 Å². The number of likely N-dealkylation sites (N-methyl/N-ethyl adjacent to an activating group) is 1. The van der Waals surface area contributed by atoms with Gasteiger partial charge in [-0.25, -0.2) is 0 Å². The predicted molar refractivity (Wildman–Crippen MR) is 63.1 cm³/mol. The van der Waals surface area contributed by atoms with E-state index in [4.69, 9.17) is 9.84 Å². The minimum atomic E-state index is -0.319. The van der Waals surface area contributed by atoms with E-state index in [0.29, 0.717) is 12.8 Å². The zero-order valence-corrected chi connectivity index (χ0v) is 10.4. The number of carbonyl (C=O) groups is 2. The number of methoxy groups -OCH3 is 1. The zero-order chi connectivity index (χ0) is 13.3. The molecule has 0 spiro atoms. The number of hydrogen-bond acceptors (Lipinski definition) is 4. The van der Waals surface area contributed by atoms with Crippen LogP contribution >= 0.6 is 0 Å². The Bertz CT molecular complexity index is 264. The molecule has 6 heteroatoms. The van der Waals surface area contributed by atoms with Crippen molar-refractivity contribution in [2.45, 2.75) is 25.5 Å². The van der Waals surface area contributed by atoms with E-state index in [9.17, 15) is 9.59 Å². The van der Waals surface area contributed by atoms with Gasteiger partial charge >= 0.3 is 0 Å². The second-order valence-electron chi connectivity index (χ2n) is 3.61. The highest BCUT2D eigenvalue weighted by atomic mass is 16.5. The second kappa shape index (κ2) is 8.72. The average Bonchev–Trinajstić information content (AvgIpc) is 2.36. The monoisotopic (exact) mass is 244 g/mol. The third kappa shape index (κ3) is 6.03. The minimum absolute atomic E-state index is 0.104. The van der Waals surface area contributed by atoms with Gasteiger partial charge < -0.3 is 20.1 Å². The van der Waals surface area contributed by atoms with Gasteiger partial charge in [-0.2, -0.15) is 0 Å². The van der Waals surface area contributed by atoms with E-state index in [1.165, 1.54) is 31.3 Å². The van der Waals surface area contributed by atoms with Crippen molar-refractivity contribution >= 4 is 12.3 Å². The molecule has 0 aromatic rings. The van der Waals surface area contributed by atoms with Gasteiger partial charge in [0.15, 0.2) is 0 Å². The number of amides is 2. The van der Waals surface area contributed by atoms with Gasteiger partial charge in [-0.05, 0) is 13.3 Å². The molecule has 0 rings (SSSR count). The molecule has 0 saturated carbocycles. The molecule has 2 N–H and O–H groups in total. The van der Waals surface area contributed by atoms with E-state index < -0.39 is 0 Å². The van der Waals surface area contributed by atoms with Crippen LogP contribution in [-0.2, 0) is 14.3 Å². The molecule has 0 aromatic heterocycles. The highest BCUT2D eigenvalue weighted by molar-refractivity contribution is 5.87. The topological polar surface area (TPSA) is 78.9 Å². The lowest BCUT2D eigenvalue weighted by molar-refractivity contribution is -0.118. The molecule has 0 radical (unpaired) electrons. The molecule has 0 fully saturated rings. The Hall–Kier alpha value is -1.40. The van der Waals surface area contributed by atoms with Crippen molar-refractivity contribution in [3.05, 3.63) is 12.3 Å². The Morgan fingerprint density at radius 2 is 2.24 bits per heavy atom. The van der Waals surface area contributed by atoms with Crippen LogP contribution in [-0.4, -0.2) is 55.2 Å². The van der Waals surface area contributed by atoms with Crippen LogP contribution < -0.4 is 5.32 Å². The number of aliphatic hydroxyl groups excluding tert-OH is 1. The normalized spacial score (nSPS) is 14.4. The van der Waals surface area contributed by atoms with E-state index in [-0.39, 0.29) is 24.7 Å². The van der Waals surface area contributed by atoms with Crippen LogP contribution in [0.5, 0.6) is 0 Å². The first-order chi connectivity index (χ1) is 8.08. The highest BCUT2D eigenvalue weighted by Crippen LogP contribution is 2.07. The summed E-state index contributed by atoms with van der Waals surface area (Å²) in [5.74, 6) is -0.283. The molecular weight excluding hydrogens is 224 g/mol. The lowest BCUT2D eigenvalue weighted by Crippen LogP contribution is -2.33. The Kier molecular flexibility index (Phi) is 8.00. The highest BCUT2D eigenvalue weighted by Gasteiger charge is 2.15. The number of rotatable bonds is 8. The van der Waals surface area contributed by atoms with Crippen LogP contribution in [0.1, 0.15) is 13.3 Å². The fourth-order valence-electron chi connectivity index (χ4n) is 1.27. The summed E-state index contributed by atoms with van der Waals surface area (Å²) in [5, 5.41) is 11.4. The van der Waals surface area contributed by atoms with Gasteiger partial charge in [0.05, 0.1) is 12.7 Å². The van der Waals surface area contributed by atoms with Gasteiger partial charge in [0.25, 0.3) is 0 Å². The van der Waals surface area contributed by atoms with Crippen LogP contribution in [0.4, 0.5) is 0 Å². The number of nitrogens with zero attached hydrogens (tertiary/aromatic N) is 1. The van der Waals surface area contributed by atoms with Crippen molar-refractivity contribution < 1.29 is 19.4 Å². The van der Waals surface area contributed by atoms with Crippen molar-refractivity contribution in [2.24, 2.45) is 0 Å². The van der Waals surface area contributed by atoms with Crippen molar-refractivity contribution in [3.8, 4) is 0 Å². The third-order valence-electron chi connectivity index (χ3n) is 2.42. The van der Waals surface area contributed by atoms with E-state index in [1.54, 1.807) is 0 Å². The molecular formula is C11H20N2O4. The Labute approximate surface area is 101 Å². The predicted octanol–water partition coefficient (Wildman–Crippen LogP) is -0.510. The molecule has 0 aliphatic heterocycles. The molecule has 0 heterocycles. The smallest absolute Gasteiger partial charge is 0.245 e. The number of hydrogen-bond donors (Lipinski definition) is 2. The van der Waals surface area contributed by atoms with Gasteiger partial charge in [0.2, 0.25) is 12.3 Å². The molecule has 0 aromatic carbocycles. The Morgan fingerprint density at radius 1 is 1.59 bits per heavy atom. The van der Waals surface area contributed by atoms with E-state index in [2.05, 4.69) is 5.32 Å². The molecule has 6 nitrogen and oxygen atoms in total. The molecule has 17 heavy (non-hydrogen) atoms. The minimum Gasteiger partial charge on any atom is -0.394 e. The lowest BCUT2D eigenvalue weighted by Gasteiger charge is -2.24. The molecule has 0 aliphatic carbocycles. The van der Waals surface area contributed by atoms with Gasteiger partial charge in [0.1, 0.15) is 0 Å². The van der Waals surface area contributed by atoms with E-state index in [1.807, 2.05) is 6.92 Å². The summed E-state index contributed by atoms with van der Waals surface area (Å²) in [4.78, 5) is 23.2. The molecule has 0 saturated heterocycles. The van der Waals surface area contributed by atoms with Gasteiger partial charge in [-0.15, -0.1) is 0 Å². The first-order valence-electron chi connectivity index (χ1n) is 5.35. The summed E-state index contributed by atoms with van der Waals surface area (Å²) < 4.78 is 5.02. The first kappa shape index (κ1) is 15.6. The number of nitrogens with one attached hydrogen (secondary N) is 1. The summed E-state index contributed by atoms with van der Waals surface area (Å²) in [6.45, 7) is 1.71. The molecule has 98 valence electrons. The zero-order valence-electron chi connectivity index (χ0n) is 10.4. The van der Waals surface area contributed by atoms with E-state index >= 15 is 0 Å². The number of ether oxygens (including phenoxy) is 1. The second-order valence-corrected chi connectivity index (χ2v) is 3.61. The molecule has 0 aliphatic rings. The SMILES string of the molecule is CNC(=O)/C=C\N(C=O)[C@@H](C)CC(CO)OC. The van der Waals surface area contributed by atoms with E-state index in [0.717, 1.165) is 0 Å². The van der Waals surface area contributed by atoms with Crippen molar-refractivity contribution in [1.82, 2.24) is 10.2 Å². The number of carbonyl (C=O) groups excluding carboxylic acids is 2. The van der Waals surface area contributed by atoms with Gasteiger partial charge in [0, 0.05) is 32.5 Å². The first-order valence-corrected chi connectivity index (χ1v) is 5.35. The van der Waals surface area contributed by atoms with Gasteiger partial charge in [-0.1, -0.05) is 0 Å². The van der Waals surface area contributed by atoms with Gasteiger partial charge in [-0.3, -0.25) is 9.59 Å². The van der Waals surface area contributed by atoms with Crippen LogP contribution in [0, 0.1) is 0 Å². The van der Waals surface area contributed by atoms with Crippen molar-refractivity contribution in [1.29, 1.82) is 0 Å².